The van der Waals surface area contributed by atoms with E-state index in [9.17, 15) is 9.90 Å². The van der Waals surface area contributed by atoms with E-state index in [2.05, 4.69) is 4.98 Å². The number of carbonyl (C=O) groups excluding carboxylic acids is 1. The third-order valence-electron chi connectivity index (χ3n) is 2.24. The Morgan fingerprint density at radius 1 is 1.75 bits per heavy atom. The number of rotatable bonds is 4. The van der Waals surface area contributed by atoms with Gasteiger partial charge in [-0.2, -0.15) is 0 Å². The molecule has 0 spiro atoms. The van der Waals surface area contributed by atoms with Crippen LogP contribution in [0.3, 0.4) is 0 Å². The van der Waals surface area contributed by atoms with E-state index in [0.29, 0.717) is 11.5 Å². The van der Waals surface area contributed by atoms with Gasteiger partial charge in [-0.1, -0.05) is 0 Å². The van der Waals surface area contributed by atoms with E-state index >= 15 is 0 Å². The Kier molecular flexibility index (Phi) is 2.80. The first-order chi connectivity index (χ1) is 7.63. The lowest BCUT2D eigenvalue weighted by Gasteiger charge is -2.15. The smallest absolute Gasteiger partial charge is 0.236 e. The van der Waals surface area contributed by atoms with E-state index in [4.69, 9.17) is 5.73 Å². The van der Waals surface area contributed by atoms with Gasteiger partial charge in [-0.3, -0.25) is 9.20 Å². The van der Waals surface area contributed by atoms with Crippen LogP contribution in [-0.2, 0) is 11.4 Å². The van der Waals surface area contributed by atoms with Gasteiger partial charge in [0.05, 0.1) is 18.8 Å². The van der Waals surface area contributed by atoms with Crippen molar-refractivity contribution in [2.75, 3.05) is 18.5 Å². The van der Waals surface area contributed by atoms with Crippen LogP contribution in [0, 0.1) is 0 Å². The van der Waals surface area contributed by atoms with E-state index in [1.807, 2.05) is 11.6 Å². The second-order valence-corrected chi connectivity index (χ2v) is 4.29. The number of imidazole rings is 1. The fraction of sp³-hybridized carbons (Fsp3) is 0.333. The largest absolute Gasteiger partial charge is 0.390 e. The van der Waals surface area contributed by atoms with Crippen LogP contribution in [0.2, 0.25) is 0 Å². The summed E-state index contributed by atoms with van der Waals surface area (Å²) in [6.07, 6.45) is 1.83. The summed E-state index contributed by atoms with van der Waals surface area (Å²) in [5, 5.41) is 11.2. The van der Waals surface area contributed by atoms with Gasteiger partial charge in [0.2, 0.25) is 5.91 Å². The van der Waals surface area contributed by atoms with Gasteiger partial charge in [-0.25, -0.2) is 4.98 Å². The van der Waals surface area contributed by atoms with Crippen LogP contribution < -0.4 is 10.6 Å². The van der Waals surface area contributed by atoms with Crippen molar-refractivity contribution in [2.45, 2.75) is 6.61 Å². The zero-order chi connectivity index (χ0) is 11.7. The lowest BCUT2D eigenvalue weighted by Crippen LogP contribution is -2.31. The molecule has 16 heavy (non-hydrogen) atoms. The SMILES string of the molecule is CN(CC(N)=O)c1nc2sccn2c1CO. The Labute approximate surface area is 95.9 Å². The van der Waals surface area contributed by atoms with Crippen LogP contribution in [0.1, 0.15) is 5.69 Å². The van der Waals surface area contributed by atoms with E-state index in [1.165, 1.54) is 11.3 Å². The monoisotopic (exact) mass is 240 g/mol. The number of nitrogens with two attached hydrogens (primary N) is 1. The van der Waals surface area contributed by atoms with E-state index in [0.717, 1.165) is 4.96 Å². The molecule has 0 aromatic carbocycles. The number of amides is 1. The Hall–Kier alpha value is -1.60. The van der Waals surface area contributed by atoms with Crippen molar-refractivity contribution in [3.05, 3.63) is 17.3 Å². The molecule has 0 aliphatic carbocycles. The molecule has 2 heterocycles. The maximum atomic E-state index is 10.8. The quantitative estimate of drug-likeness (QED) is 0.776. The number of aromatic nitrogens is 2. The topological polar surface area (TPSA) is 83.9 Å². The molecule has 1 amide bonds. The Balaban J connectivity index is 2.42. The van der Waals surface area contributed by atoms with Gasteiger partial charge in [0.1, 0.15) is 0 Å². The normalized spacial score (nSPS) is 10.9. The molecule has 2 rings (SSSR count). The molecule has 0 aliphatic heterocycles. The minimum absolute atomic E-state index is 0.0812. The summed E-state index contributed by atoms with van der Waals surface area (Å²) in [5.74, 6) is 0.163. The summed E-state index contributed by atoms with van der Waals surface area (Å²) in [5.41, 5.74) is 5.78. The van der Waals surface area contributed by atoms with Crippen molar-refractivity contribution in [3.8, 4) is 0 Å². The van der Waals surface area contributed by atoms with Gasteiger partial charge in [0.25, 0.3) is 0 Å². The number of fused-ring (bicyclic) bond motifs is 1. The first-order valence-corrected chi connectivity index (χ1v) is 5.56. The number of hydrogen-bond donors (Lipinski definition) is 2. The zero-order valence-electron chi connectivity index (χ0n) is 8.75. The molecule has 3 N–H and O–H groups in total. The second kappa shape index (κ2) is 4.11. The molecule has 2 aromatic rings. The van der Waals surface area contributed by atoms with Crippen molar-refractivity contribution in [1.29, 1.82) is 0 Å². The molecule has 0 atom stereocenters. The number of likely N-dealkylation sites (N-methyl/N-ethyl adjacent to an activating group) is 1. The third-order valence-corrected chi connectivity index (χ3v) is 3.00. The third kappa shape index (κ3) is 1.74. The van der Waals surface area contributed by atoms with Gasteiger partial charge in [-0.15, -0.1) is 11.3 Å². The number of hydrogen-bond acceptors (Lipinski definition) is 5. The first kappa shape index (κ1) is 10.9. The van der Waals surface area contributed by atoms with Crippen molar-refractivity contribution < 1.29 is 9.90 Å². The lowest BCUT2D eigenvalue weighted by molar-refractivity contribution is -0.116. The number of aliphatic hydroxyl groups is 1. The first-order valence-electron chi connectivity index (χ1n) is 4.68. The molecule has 0 radical (unpaired) electrons. The van der Waals surface area contributed by atoms with Crippen molar-refractivity contribution in [2.24, 2.45) is 5.73 Å². The fourth-order valence-corrected chi connectivity index (χ4v) is 2.31. The van der Waals surface area contributed by atoms with Crippen LogP contribution in [-0.4, -0.2) is 34.0 Å². The molecular formula is C9H12N4O2S. The Morgan fingerprint density at radius 3 is 3.12 bits per heavy atom. The predicted octanol–water partition coefficient (Wildman–Crippen LogP) is -0.190. The summed E-state index contributed by atoms with van der Waals surface area (Å²) in [6.45, 7) is -0.0475. The maximum Gasteiger partial charge on any atom is 0.236 e. The van der Waals surface area contributed by atoms with Crippen molar-refractivity contribution >= 4 is 28.0 Å². The molecule has 0 aliphatic rings. The maximum absolute atomic E-state index is 10.8. The van der Waals surface area contributed by atoms with Crippen LogP contribution in [0.15, 0.2) is 11.6 Å². The van der Waals surface area contributed by atoms with Gasteiger partial charge in [-0.05, 0) is 0 Å². The summed E-state index contributed by atoms with van der Waals surface area (Å²) < 4.78 is 1.80. The van der Waals surface area contributed by atoms with E-state index in [-0.39, 0.29) is 13.2 Å². The van der Waals surface area contributed by atoms with Gasteiger partial charge in [0, 0.05) is 18.6 Å². The highest BCUT2D eigenvalue weighted by atomic mass is 32.1. The van der Waals surface area contributed by atoms with Crippen LogP contribution >= 0.6 is 11.3 Å². The number of nitrogens with zero attached hydrogens (tertiary/aromatic N) is 3. The number of carbonyl (C=O) groups is 1. The molecule has 6 nitrogen and oxygen atoms in total. The standard InChI is InChI=1S/C9H12N4O2S/c1-12(4-7(10)15)8-6(5-14)13-2-3-16-9(13)11-8/h2-3,14H,4-5H2,1H3,(H2,10,15). The molecule has 0 saturated heterocycles. The van der Waals surface area contributed by atoms with Crippen molar-refractivity contribution in [3.63, 3.8) is 0 Å². The second-order valence-electron chi connectivity index (χ2n) is 3.42. The highest BCUT2D eigenvalue weighted by Gasteiger charge is 2.16. The van der Waals surface area contributed by atoms with Crippen LogP contribution in [0.5, 0.6) is 0 Å². The molecular weight excluding hydrogens is 228 g/mol. The molecule has 0 fully saturated rings. The molecule has 2 aromatic heterocycles. The highest BCUT2D eigenvalue weighted by Crippen LogP contribution is 2.23. The number of anilines is 1. The number of aliphatic hydroxyl groups excluding tert-OH is 1. The van der Waals surface area contributed by atoms with E-state index in [1.54, 1.807) is 16.3 Å². The molecule has 7 heteroatoms. The molecule has 86 valence electrons. The lowest BCUT2D eigenvalue weighted by atomic mass is 10.4. The average Bonchev–Trinajstić information content (AvgIpc) is 2.74. The minimum atomic E-state index is -0.428. The fourth-order valence-electron chi connectivity index (χ4n) is 1.58. The van der Waals surface area contributed by atoms with Gasteiger partial charge in [0.15, 0.2) is 10.8 Å². The predicted molar refractivity (Wildman–Crippen MR) is 61.5 cm³/mol. The molecule has 0 bridgehead atoms. The average molecular weight is 240 g/mol. The summed E-state index contributed by atoms with van der Waals surface area (Å²) in [6, 6.07) is 0. The minimum Gasteiger partial charge on any atom is -0.390 e. The number of primary amides is 1. The molecule has 0 unspecified atom stereocenters. The zero-order valence-corrected chi connectivity index (χ0v) is 9.57. The Morgan fingerprint density at radius 2 is 2.50 bits per heavy atom. The summed E-state index contributed by atoms with van der Waals surface area (Å²) >= 11 is 1.47. The number of thiazole rings is 1. The summed E-state index contributed by atoms with van der Waals surface area (Å²) in [4.78, 5) is 17.6. The van der Waals surface area contributed by atoms with Crippen LogP contribution in [0.4, 0.5) is 5.82 Å². The molecule has 0 saturated carbocycles. The van der Waals surface area contributed by atoms with E-state index < -0.39 is 5.91 Å². The van der Waals surface area contributed by atoms with Crippen LogP contribution in [0.25, 0.3) is 4.96 Å². The van der Waals surface area contributed by atoms with Crippen molar-refractivity contribution in [1.82, 2.24) is 9.38 Å². The van der Waals surface area contributed by atoms with Gasteiger partial charge < -0.3 is 15.7 Å². The van der Waals surface area contributed by atoms with Gasteiger partial charge >= 0.3 is 0 Å². The summed E-state index contributed by atoms with van der Waals surface area (Å²) in [7, 11) is 1.72. The highest BCUT2D eigenvalue weighted by molar-refractivity contribution is 7.15. The Bertz CT molecular complexity index is 519.